The lowest BCUT2D eigenvalue weighted by Gasteiger charge is -2.35. The fourth-order valence-electron chi connectivity index (χ4n) is 3.74. The molecule has 0 aromatic heterocycles. The molecule has 1 amide bonds. The molecule has 3 rings (SSSR count). The Morgan fingerprint density at radius 1 is 1.35 bits per heavy atom. The van der Waals surface area contributed by atoms with E-state index < -0.39 is 0 Å². The van der Waals surface area contributed by atoms with Gasteiger partial charge in [-0.25, -0.2) is 0 Å². The average Bonchev–Trinajstić information content (AvgIpc) is 2.76. The first-order valence-corrected chi connectivity index (χ1v) is 7.57. The van der Waals surface area contributed by atoms with Crippen molar-refractivity contribution in [3.63, 3.8) is 0 Å². The second-order valence-corrected chi connectivity index (χ2v) is 6.90. The van der Waals surface area contributed by atoms with Crippen LogP contribution in [0.2, 0.25) is 0 Å². The number of rotatable bonds is 1. The summed E-state index contributed by atoms with van der Waals surface area (Å²) in [4.78, 5) is 14.8. The molecule has 1 heterocycles. The number of aromatic hydroxyl groups is 1. The highest BCUT2D eigenvalue weighted by Gasteiger charge is 2.41. The Hall–Kier alpha value is -1.51. The maximum Gasteiger partial charge on any atom is 0.226 e. The minimum atomic E-state index is 0.135. The Labute approximate surface area is 120 Å². The van der Waals surface area contributed by atoms with E-state index in [4.69, 9.17) is 0 Å². The summed E-state index contributed by atoms with van der Waals surface area (Å²) in [6.45, 7) is 5.89. The zero-order valence-corrected chi connectivity index (χ0v) is 12.4. The van der Waals surface area contributed by atoms with Crippen molar-refractivity contribution in [3.05, 3.63) is 29.3 Å². The van der Waals surface area contributed by atoms with Crippen molar-refractivity contribution < 1.29 is 9.90 Å². The van der Waals surface area contributed by atoms with E-state index in [0.717, 1.165) is 37.8 Å². The van der Waals surface area contributed by atoms with Crippen molar-refractivity contribution in [2.24, 2.45) is 11.3 Å². The molecule has 2 aliphatic rings. The highest BCUT2D eigenvalue weighted by atomic mass is 16.3. The SMILES string of the molecule is CC1(C)CCCC1C(=O)N1CCc2ccc(O)cc2C1. The van der Waals surface area contributed by atoms with E-state index in [0.29, 0.717) is 18.2 Å². The van der Waals surface area contributed by atoms with Gasteiger partial charge in [0.2, 0.25) is 5.91 Å². The molecule has 0 radical (unpaired) electrons. The average molecular weight is 273 g/mol. The summed E-state index contributed by atoms with van der Waals surface area (Å²) in [7, 11) is 0. The van der Waals surface area contributed by atoms with Crippen molar-refractivity contribution in [2.75, 3.05) is 6.54 Å². The zero-order chi connectivity index (χ0) is 14.3. The predicted molar refractivity (Wildman–Crippen MR) is 78.3 cm³/mol. The molecular weight excluding hydrogens is 250 g/mol. The second kappa shape index (κ2) is 4.80. The van der Waals surface area contributed by atoms with Gasteiger partial charge in [0.05, 0.1) is 0 Å². The summed E-state index contributed by atoms with van der Waals surface area (Å²) < 4.78 is 0. The number of phenols is 1. The molecule has 1 aromatic carbocycles. The standard InChI is InChI=1S/C17H23NO2/c1-17(2)8-3-4-15(17)16(20)18-9-7-12-5-6-14(19)10-13(12)11-18/h5-6,10,15,19H,3-4,7-9,11H2,1-2H3. The Kier molecular flexibility index (Phi) is 3.23. The minimum absolute atomic E-state index is 0.135. The summed E-state index contributed by atoms with van der Waals surface area (Å²) in [6.07, 6.45) is 4.23. The van der Waals surface area contributed by atoms with Crippen molar-refractivity contribution in [2.45, 2.75) is 46.1 Å². The van der Waals surface area contributed by atoms with Crippen LogP contribution in [0.3, 0.4) is 0 Å². The Bertz CT molecular complexity index is 536. The van der Waals surface area contributed by atoms with Crippen LogP contribution in [0.5, 0.6) is 5.75 Å². The van der Waals surface area contributed by atoms with Crippen molar-refractivity contribution in [1.82, 2.24) is 4.90 Å². The van der Waals surface area contributed by atoms with E-state index in [1.165, 1.54) is 5.56 Å². The maximum atomic E-state index is 12.8. The van der Waals surface area contributed by atoms with Gasteiger partial charge < -0.3 is 10.0 Å². The Morgan fingerprint density at radius 3 is 2.85 bits per heavy atom. The van der Waals surface area contributed by atoms with Crippen LogP contribution >= 0.6 is 0 Å². The number of carbonyl (C=O) groups is 1. The minimum Gasteiger partial charge on any atom is -0.508 e. The number of hydrogen-bond donors (Lipinski definition) is 1. The van der Waals surface area contributed by atoms with E-state index in [1.54, 1.807) is 12.1 Å². The molecule has 1 fully saturated rings. The van der Waals surface area contributed by atoms with Crippen LogP contribution in [0.4, 0.5) is 0 Å². The summed E-state index contributed by atoms with van der Waals surface area (Å²) in [5, 5.41) is 9.60. The third kappa shape index (κ3) is 2.30. The van der Waals surface area contributed by atoms with Crippen LogP contribution in [0.15, 0.2) is 18.2 Å². The topological polar surface area (TPSA) is 40.5 Å². The van der Waals surface area contributed by atoms with Crippen LogP contribution in [0, 0.1) is 11.3 Å². The molecule has 108 valence electrons. The Morgan fingerprint density at radius 2 is 2.15 bits per heavy atom. The molecule has 0 saturated heterocycles. The van der Waals surface area contributed by atoms with Gasteiger partial charge in [0.15, 0.2) is 0 Å². The number of fused-ring (bicyclic) bond motifs is 1. The fourth-order valence-corrected chi connectivity index (χ4v) is 3.74. The van der Waals surface area contributed by atoms with Crippen molar-refractivity contribution in [3.8, 4) is 5.75 Å². The molecule has 0 spiro atoms. The van der Waals surface area contributed by atoms with Crippen LogP contribution in [-0.2, 0) is 17.8 Å². The lowest BCUT2D eigenvalue weighted by atomic mass is 9.80. The van der Waals surface area contributed by atoms with Gasteiger partial charge in [-0.2, -0.15) is 0 Å². The van der Waals surface area contributed by atoms with Gasteiger partial charge in [-0.3, -0.25) is 4.79 Å². The first-order chi connectivity index (χ1) is 9.47. The first-order valence-electron chi connectivity index (χ1n) is 7.57. The lowest BCUT2D eigenvalue weighted by Crippen LogP contribution is -2.42. The molecule has 1 N–H and O–H groups in total. The van der Waals surface area contributed by atoms with Crippen LogP contribution in [-0.4, -0.2) is 22.5 Å². The quantitative estimate of drug-likeness (QED) is 0.854. The number of hydrogen-bond acceptors (Lipinski definition) is 2. The molecule has 20 heavy (non-hydrogen) atoms. The number of amides is 1. The molecule has 3 heteroatoms. The normalized spacial score (nSPS) is 24.5. The predicted octanol–water partition coefficient (Wildman–Crippen LogP) is 3.10. The van der Waals surface area contributed by atoms with Gasteiger partial charge in [0.1, 0.15) is 5.75 Å². The zero-order valence-electron chi connectivity index (χ0n) is 12.4. The lowest BCUT2D eigenvalue weighted by molar-refractivity contribution is -0.139. The third-order valence-corrected chi connectivity index (χ3v) is 5.07. The van der Waals surface area contributed by atoms with Crippen LogP contribution < -0.4 is 0 Å². The van der Waals surface area contributed by atoms with E-state index in [-0.39, 0.29) is 11.3 Å². The molecule has 1 aliphatic heterocycles. The van der Waals surface area contributed by atoms with Crippen LogP contribution in [0.25, 0.3) is 0 Å². The van der Waals surface area contributed by atoms with E-state index >= 15 is 0 Å². The highest BCUT2D eigenvalue weighted by Crippen LogP contribution is 2.43. The molecule has 1 unspecified atom stereocenters. The first kappa shape index (κ1) is 13.5. The summed E-state index contributed by atoms with van der Waals surface area (Å²) in [5.74, 6) is 0.766. The molecule has 3 nitrogen and oxygen atoms in total. The smallest absolute Gasteiger partial charge is 0.226 e. The summed E-state index contributed by atoms with van der Waals surface area (Å²) in [5.41, 5.74) is 2.49. The number of benzene rings is 1. The van der Waals surface area contributed by atoms with E-state index in [2.05, 4.69) is 13.8 Å². The van der Waals surface area contributed by atoms with Gasteiger partial charge >= 0.3 is 0 Å². The number of phenolic OH excluding ortho intramolecular Hbond substituents is 1. The Balaban J connectivity index is 1.78. The molecule has 1 atom stereocenters. The van der Waals surface area contributed by atoms with Crippen molar-refractivity contribution >= 4 is 5.91 Å². The van der Waals surface area contributed by atoms with Gasteiger partial charge in [-0.05, 0) is 47.9 Å². The van der Waals surface area contributed by atoms with Crippen LogP contribution in [0.1, 0.15) is 44.2 Å². The monoisotopic (exact) mass is 273 g/mol. The molecule has 0 bridgehead atoms. The second-order valence-electron chi connectivity index (χ2n) is 6.90. The number of nitrogens with zero attached hydrogens (tertiary/aromatic N) is 1. The third-order valence-electron chi connectivity index (χ3n) is 5.07. The van der Waals surface area contributed by atoms with Gasteiger partial charge in [0, 0.05) is 19.0 Å². The largest absolute Gasteiger partial charge is 0.508 e. The van der Waals surface area contributed by atoms with E-state index in [9.17, 15) is 9.90 Å². The molecular formula is C17H23NO2. The maximum absolute atomic E-state index is 12.8. The molecule has 1 saturated carbocycles. The fraction of sp³-hybridized carbons (Fsp3) is 0.588. The van der Waals surface area contributed by atoms with E-state index in [1.807, 2.05) is 11.0 Å². The summed E-state index contributed by atoms with van der Waals surface area (Å²) >= 11 is 0. The van der Waals surface area contributed by atoms with Gasteiger partial charge in [0.25, 0.3) is 0 Å². The summed E-state index contributed by atoms with van der Waals surface area (Å²) in [6, 6.07) is 5.51. The number of carbonyl (C=O) groups excluding carboxylic acids is 1. The van der Waals surface area contributed by atoms with Crippen molar-refractivity contribution in [1.29, 1.82) is 0 Å². The highest BCUT2D eigenvalue weighted by molar-refractivity contribution is 5.80. The van der Waals surface area contributed by atoms with Gasteiger partial charge in [-0.15, -0.1) is 0 Å². The molecule has 1 aromatic rings. The molecule has 1 aliphatic carbocycles. The van der Waals surface area contributed by atoms with Gasteiger partial charge in [-0.1, -0.05) is 26.3 Å².